The summed E-state index contributed by atoms with van der Waals surface area (Å²) in [5.41, 5.74) is 3.17. The van der Waals surface area contributed by atoms with Gasteiger partial charge in [0.2, 0.25) is 11.8 Å². The van der Waals surface area contributed by atoms with Crippen LogP contribution >= 0.6 is 0 Å². The van der Waals surface area contributed by atoms with E-state index in [0.29, 0.717) is 29.8 Å². The number of carbonyl (C=O) groups is 3. The van der Waals surface area contributed by atoms with Gasteiger partial charge in [0.25, 0.3) is 0 Å². The molecule has 0 unspecified atom stereocenters. The van der Waals surface area contributed by atoms with Crippen molar-refractivity contribution in [1.29, 1.82) is 0 Å². The molecule has 0 radical (unpaired) electrons. The Morgan fingerprint density at radius 2 is 1.80 bits per heavy atom. The van der Waals surface area contributed by atoms with Gasteiger partial charge in [-0.2, -0.15) is 0 Å². The molecule has 40 heavy (non-hydrogen) atoms. The van der Waals surface area contributed by atoms with Crippen molar-refractivity contribution < 1.29 is 23.9 Å². The van der Waals surface area contributed by atoms with Crippen molar-refractivity contribution in [2.45, 2.75) is 38.1 Å². The molecule has 10 heteroatoms. The maximum Gasteiger partial charge on any atom is 0.337 e. The maximum atomic E-state index is 14.0. The predicted octanol–water partition coefficient (Wildman–Crippen LogP) is 3.28. The maximum absolute atomic E-state index is 14.0. The summed E-state index contributed by atoms with van der Waals surface area (Å²) in [6, 6.07) is 22.5. The van der Waals surface area contributed by atoms with Crippen LogP contribution in [0, 0.1) is 0 Å². The van der Waals surface area contributed by atoms with E-state index in [1.807, 2.05) is 54.6 Å². The van der Waals surface area contributed by atoms with Crippen LogP contribution in [0.15, 0.2) is 78.9 Å². The van der Waals surface area contributed by atoms with Crippen molar-refractivity contribution in [2.24, 2.45) is 0 Å². The molecule has 3 aromatic carbocycles. The van der Waals surface area contributed by atoms with E-state index in [9.17, 15) is 14.4 Å². The molecule has 2 heterocycles. The summed E-state index contributed by atoms with van der Waals surface area (Å²) in [4.78, 5) is 41.5. The van der Waals surface area contributed by atoms with Gasteiger partial charge in [0.1, 0.15) is 18.1 Å². The molecule has 5 rings (SSSR count). The van der Waals surface area contributed by atoms with Gasteiger partial charge in [0.05, 0.1) is 24.3 Å². The highest BCUT2D eigenvalue weighted by Gasteiger charge is 2.33. The van der Waals surface area contributed by atoms with Gasteiger partial charge < -0.3 is 19.7 Å². The van der Waals surface area contributed by atoms with E-state index in [-0.39, 0.29) is 31.0 Å². The molecule has 0 spiro atoms. The number of ether oxygens (including phenoxy) is 2. The van der Waals surface area contributed by atoms with Crippen LogP contribution in [0.1, 0.15) is 40.4 Å². The Kier molecular flexibility index (Phi) is 8.46. The van der Waals surface area contributed by atoms with Crippen molar-refractivity contribution in [1.82, 2.24) is 25.2 Å². The molecule has 1 aliphatic heterocycles. The summed E-state index contributed by atoms with van der Waals surface area (Å²) in [5.74, 6) is -1.14. The first-order chi connectivity index (χ1) is 19.5. The Labute approximate surface area is 231 Å². The number of methoxy groups -OCH3 is 1. The first-order valence-corrected chi connectivity index (χ1v) is 13.2. The number of nitrogens with zero attached hydrogens (tertiary/aromatic N) is 4. The van der Waals surface area contributed by atoms with Crippen LogP contribution in [-0.2, 0) is 32.2 Å². The number of carbonyl (C=O) groups excluding carboxylic acids is 3. The predicted molar refractivity (Wildman–Crippen MR) is 147 cm³/mol. The zero-order valence-electron chi connectivity index (χ0n) is 22.2. The molecule has 1 aliphatic rings. The normalized spacial score (nSPS) is 15.5. The summed E-state index contributed by atoms with van der Waals surface area (Å²) in [6.07, 6.45) is 1.75. The molecule has 4 aromatic rings. The van der Waals surface area contributed by atoms with E-state index < -0.39 is 12.0 Å². The minimum atomic E-state index is -0.976. The van der Waals surface area contributed by atoms with Gasteiger partial charge in [-0.15, -0.1) is 5.10 Å². The molecule has 1 saturated heterocycles. The fraction of sp³-hybridized carbons (Fsp3) is 0.300. The third-order valence-corrected chi connectivity index (χ3v) is 6.96. The van der Waals surface area contributed by atoms with Crippen LogP contribution in [0.2, 0.25) is 0 Å². The number of hydrogen-bond acceptors (Lipinski definition) is 7. The van der Waals surface area contributed by atoms with Crippen LogP contribution in [0.4, 0.5) is 0 Å². The zero-order chi connectivity index (χ0) is 27.9. The van der Waals surface area contributed by atoms with E-state index in [2.05, 4.69) is 15.6 Å². The Morgan fingerprint density at radius 1 is 1.05 bits per heavy atom. The first-order valence-electron chi connectivity index (χ1n) is 13.2. The fourth-order valence-corrected chi connectivity index (χ4v) is 4.87. The van der Waals surface area contributed by atoms with E-state index >= 15 is 0 Å². The number of amides is 2. The van der Waals surface area contributed by atoms with E-state index in [1.165, 1.54) is 11.8 Å². The quantitative estimate of drug-likeness (QED) is 0.306. The van der Waals surface area contributed by atoms with Crippen LogP contribution in [-0.4, -0.2) is 64.0 Å². The van der Waals surface area contributed by atoms with Gasteiger partial charge >= 0.3 is 5.97 Å². The Balaban J connectivity index is 1.50. The number of benzene rings is 3. The van der Waals surface area contributed by atoms with Crippen molar-refractivity contribution in [2.75, 3.05) is 20.3 Å². The van der Waals surface area contributed by atoms with Gasteiger partial charge in [-0.05, 0) is 48.2 Å². The molecule has 0 aliphatic carbocycles. The van der Waals surface area contributed by atoms with Gasteiger partial charge in [0.15, 0.2) is 0 Å². The molecule has 1 N–H and O–H groups in total. The molecule has 0 saturated carbocycles. The molecule has 1 fully saturated rings. The molecule has 10 nitrogen and oxygen atoms in total. The fourth-order valence-electron chi connectivity index (χ4n) is 4.87. The molecule has 1 aromatic heterocycles. The topological polar surface area (TPSA) is 116 Å². The van der Waals surface area contributed by atoms with Crippen LogP contribution in [0.25, 0.3) is 11.0 Å². The first kappa shape index (κ1) is 27.0. The SMILES string of the molecule is COC(=O)c1ccc([C@@H](C(=O)NC[C@@H]2CCCO2)N(Cc2ccccc2)C(=O)Cn2nnc3ccccc32)cc1. The van der Waals surface area contributed by atoms with Crippen LogP contribution in [0.5, 0.6) is 0 Å². The van der Waals surface area contributed by atoms with Gasteiger partial charge in [0, 0.05) is 19.7 Å². The van der Waals surface area contributed by atoms with Crippen LogP contribution < -0.4 is 5.32 Å². The number of fused-ring (bicyclic) bond motifs is 1. The van der Waals surface area contributed by atoms with E-state index in [0.717, 1.165) is 23.9 Å². The molecular formula is C30H31N5O5. The smallest absolute Gasteiger partial charge is 0.337 e. The Hall–Kier alpha value is -4.57. The van der Waals surface area contributed by atoms with Crippen LogP contribution in [0.3, 0.4) is 0 Å². The standard InChI is InChI=1S/C30H31N5O5/c1-39-30(38)23-15-13-22(14-16-23)28(29(37)31-18-24-10-7-17-40-24)34(19-21-8-3-2-4-9-21)27(36)20-35-26-12-6-5-11-25(26)32-33-35/h2-6,8-9,11-16,24,28H,7,10,17-20H2,1H3,(H,31,37)/t24-,28-/m0/s1. The summed E-state index contributed by atoms with van der Waals surface area (Å²) >= 11 is 0. The minimum absolute atomic E-state index is 0.0638. The Bertz CT molecular complexity index is 1460. The van der Waals surface area contributed by atoms with Crippen molar-refractivity contribution in [3.05, 3.63) is 95.6 Å². The second kappa shape index (κ2) is 12.5. The lowest BCUT2D eigenvalue weighted by atomic mass is 10.0. The summed E-state index contributed by atoms with van der Waals surface area (Å²) in [5, 5.41) is 11.3. The number of hydrogen-bond donors (Lipinski definition) is 1. The van der Waals surface area contributed by atoms with E-state index in [4.69, 9.17) is 9.47 Å². The lowest BCUT2D eigenvalue weighted by Gasteiger charge is -2.32. The zero-order valence-corrected chi connectivity index (χ0v) is 22.2. The van der Waals surface area contributed by atoms with Gasteiger partial charge in [-0.1, -0.05) is 59.8 Å². The lowest BCUT2D eigenvalue weighted by molar-refractivity contribution is -0.142. The van der Waals surface area contributed by atoms with Crippen molar-refractivity contribution in [3.8, 4) is 0 Å². The minimum Gasteiger partial charge on any atom is -0.465 e. The highest BCUT2D eigenvalue weighted by molar-refractivity contribution is 5.91. The lowest BCUT2D eigenvalue weighted by Crippen LogP contribution is -2.46. The van der Waals surface area contributed by atoms with Gasteiger partial charge in [-0.3, -0.25) is 9.59 Å². The van der Waals surface area contributed by atoms with Gasteiger partial charge in [-0.25, -0.2) is 9.48 Å². The average molecular weight is 542 g/mol. The molecule has 2 amide bonds. The second-order valence-electron chi connectivity index (χ2n) is 9.64. The third-order valence-electron chi connectivity index (χ3n) is 6.96. The highest BCUT2D eigenvalue weighted by atomic mass is 16.5. The van der Waals surface area contributed by atoms with Crippen molar-refractivity contribution >= 4 is 28.8 Å². The highest BCUT2D eigenvalue weighted by Crippen LogP contribution is 2.26. The molecule has 0 bridgehead atoms. The number of aromatic nitrogens is 3. The largest absolute Gasteiger partial charge is 0.465 e. The monoisotopic (exact) mass is 541 g/mol. The summed E-state index contributed by atoms with van der Waals surface area (Å²) < 4.78 is 12.1. The number of rotatable bonds is 10. The molecular weight excluding hydrogens is 510 g/mol. The number of esters is 1. The third kappa shape index (κ3) is 6.18. The number of para-hydroxylation sites is 1. The summed E-state index contributed by atoms with van der Waals surface area (Å²) in [7, 11) is 1.31. The average Bonchev–Trinajstić information content (AvgIpc) is 3.66. The van der Waals surface area contributed by atoms with E-state index in [1.54, 1.807) is 29.2 Å². The summed E-state index contributed by atoms with van der Waals surface area (Å²) in [6.45, 7) is 1.09. The van der Waals surface area contributed by atoms with Crippen molar-refractivity contribution in [3.63, 3.8) is 0 Å². The molecule has 2 atom stereocenters. The Morgan fingerprint density at radius 3 is 2.52 bits per heavy atom. The second-order valence-corrected chi connectivity index (χ2v) is 9.64. The molecule has 206 valence electrons. The number of nitrogens with one attached hydrogen (secondary N) is 1.